The van der Waals surface area contributed by atoms with Crippen LogP contribution in [0, 0.1) is 6.92 Å². The number of aryl methyl sites for hydroxylation is 1. The molecule has 19 heavy (non-hydrogen) atoms. The van der Waals surface area contributed by atoms with Gasteiger partial charge < -0.3 is 15.2 Å². The molecule has 0 saturated heterocycles. The molecule has 1 aromatic carbocycles. The molecule has 1 amide bonds. The molecule has 1 unspecified atom stereocenters. The molecular weight excluding hydrogens is 246 g/mol. The molecule has 5 heteroatoms. The fraction of sp³-hybridized carbons (Fsp3) is 0.429. The topological polar surface area (TPSA) is 75.6 Å². The number of carbonyl (C=O) groups excluding carboxylic acids is 1. The van der Waals surface area contributed by atoms with Gasteiger partial charge in [-0.25, -0.2) is 0 Å². The highest BCUT2D eigenvalue weighted by molar-refractivity contribution is 5.73. The molecule has 1 rings (SSSR count). The smallest absolute Gasteiger partial charge is 0.304 e. The number of carbonyl (C=O) groups is 2. The summed E-state index contributed by atoms with van der Waals surface area (Å²) in [6, 6.07) is 5.61. The summed E-state index contributed by atoms with van der Waals surface area (Å²) in [7, 11) is 1.55. The van der Waals surface area contributed by atoms with Crippen LogP contribution >= 0.6 is 0 Å². The first-order valence-corrected chi connectivity index (χ1v) is 6.04. The van der Waals surface area contributed by atoms with E-state index in [9.17, 15) is 9.59 Å². The average Bonchev–Trinajstić information content (AvgIpc) is 2.33. The van der Waals surface area contributed by atoms with E-state index in [0.29, 0.717) is 5.75 Å². The van der Waals surface area contributed by atoms with Gasteiger partial charge in [0.05, 0.1) is 13.5 Å². The third kappa shape index (κ3) is 4.62. The van der Waals surface area contributed by atoms with Crippen molar-refractivity contribution in [3.8, 4) is 5.75 Å². The average molecular weight is 265 g/mol. The monoisotopic (exact) mass is 265 g/mol. The molecule has 0 saturated carbocycles. The fourth-order valence-corrected chi connectivity index (χ4v) is 1.94. The minimum absolute atomic E-state index is 0.0555. The molecular formula is C14H19NO4. The van der Waals surface area contributed by atoms with Crippen molar-refractivity contribution >= 4 is 11.9 Å². The molecule has 0 bridgehead atoms. The minimum Gasteiger partial charge on any atom is -0.496 e. The quantitative estimate of drug-likeness (QED) is 0.820. The van der Waals surface area contributed by atoms with Crippen LogP contribution in [-0.4, -0.2) is 30.6 Å². The molecule has 1 atom stereocenters. The summed E-state index contributed by atoms with van der Waals surface area (Å²) in [5.74, 6) is -0.751. The van der Waals surface area contributed by atoms with Crippen LogP contribution in [0.2, 0.25) is 0 Å². The number of aliphatic carboxylic acids is 1. The molecule has 104 valence electrons. The number of ether oxygens (including phenoxy) is 1. The number of hydrogen-bond acceptors (Lipinski definition) is 3. The number of hydrogen-bond donors (Lipinski definition) is 2. The fourth-order valence-electron chi connectivity index (χ4n) is 1.94. The van der Waals surface area contributed by atoms with Crippen molar-refractivity contribution in [3.05, 3.63) is 29.3 Å². The second-order valence-electron chi connectivity index (χ2n) is 4.48. The van der Waals surface area contributed by atoms with E-state index in [1.807, 2.05) is 25.1 Å². The number of benzene rings is 1. The molecule has 2 N–H and O–H groups in total. The van der Waals surface area contributed by atoms with Crippen molar-refractivity contribution < 1.29 is 19.4 Å². The number of methoxy groups -OCH3 is 1. The van der Waals surface area contributed by atoms with E-state index in [0.717, 1.165) is 11.1 Å². The van der Waals surface area contributed by atoms with Crippen LogP contribution in [0.1, 0.15) is 30.4 Å². The Kier molecular flexibility index (Phi) is 5.36. The van der Waals surface area contributed by atoms with E-state index < -0.39 is 5.97 Å². The maximum Gasteiger partial charge on any atom is 0.304 e. The number of nitrogens with one attached hydrogen (secondary N) is 1. The normalized spacial score (nSPS) is 11.7. The van der Waals surface area contributed by atoms with Gasteiger partial charge >= 0.3 is 5.97 Å². The van der Waals surface area contributed by atoms with Crippen LogP contribution in [0.15, 0.2) is 18.2 Å². The first kappa shape index (κ1) is 15.0. The summed E-state index contributed by atoms with van der Waals surface area (Å²) in [5.41, 5.74) is 1.83. The van der Waals surface area contributed by atoms with Gasteiger partial charge in [0, 0.05) is 19.4 Å². The van der Waals surface area contributed by atoms with Gasteiger partial charge in [-0.3, -0.25) is 9.59 Å². The van der Waals surface area contributed by atoms with Crippen molar-refractivity contribution in [3.63, 3.8) is 0 Å². The Bertz CT molecular complexity index is 471. The van der Waals surface area contributed by atoms with Crippen LogP contribution < -0.4 is 10.1 Å². The highest BCUT2D eigenvalue weighted by Gasteiger charge is 2.20. The number of carboxylic acids is 1. The molecule has 0 radical (unpaired) electrons. The zero-order chi connectivity index (χ0) is 14.4. The van der Waals surface area contributed by atoms with Crippen LogP contribution in [0.25, 0.3) is 0 Å². The van der Waals surface area contributed by atoms with Gasteiger partial charge in [-0.05, 0) is 18.6 Å². The molecule has 1 aromatic rings. The van der Waals surface area contributed by atoms with Crippen LogP contribution in [0.5, 0.6) is 5.75 Å². The summed E-state index contributed by atoms with van der Waals surface area (Å²) in [4.78, 5) is 22.0. The second-order valence-corrected chi connectivity index (χ2v) is 4.48. The highest BCUT2D eigenvalue weighted by Crippen LogP contribution is 2.29. The van der Waals surface area contributed by atoms with E-state index in [4.69, 9.17) is 9.84 Å². The highest BCUT2D eigenvalue weighted by atomic mass is 16.5. The minimum atomic E-state index is -0.904. The van der Waals surface area contributed by atoms with E-state index in [1.165, 1.54) is 6.92 Å². The van der Waals surface area contributed by atoms with E-state index in [2.05, 4.69) is 5.32 Å². The SMILES string of the molecule is COc1ccc(C)cc1C(CNC(C)=O)CC(=O)O. The Labute approximate surface area is 112 Å². The number of amides is 1. The Hall–Kier alpha value is -2.04. The molecule has 0 aliphatic carbocycles. The van der Waals surface area contributed by atoms with Crippen molar-refractivity contribution in [1.82, 2.24) is 5.32 Å². The summed E-state index contributed by atoms with van der Waals surface area (Å²) in [5, 5.41) is 11.7. The Morgan fingerprint density at radius 2 is 2.11 bits per heavy atom. The molecule has 5 nitrogen and oxygen atoms in total. The molecule has 0 aliphatic rings. The van der Waals surface area contributed by atoms with Crippen molar-refractivity contribution in [2.24, 2.45) is 0 Å². The van der Waals surface area contributed by atoms with Gasteiger partial charge in [0.1, 0.15) is 5.75 Å². The van der Waals surface area contributed by atoms with Crippen molar-refractivity contribution in [2.45, 2.75) is 26.2 Å². The van der Waals surface area contributed by atoms with Crippen molar-refractivity contribution in [2.75, 3.05) is 13.7 Å². The second kappa shape index (κ2) is 6.78. The number of carboxylic acid groups (broad SMARTS) is 1. The summed E-state index contributed by atoms with van der Waals surface area (Å²) < 4.78 is 5.26. The Morgan fingerprint density at radius 1 is 1.42 bits per heavy atom. The lowest BCUT2D eigenvalue weighted by atomic mass is 9.93. The lowest BCUT2D eigenvalue weighted by Crippen LogP contribution is -2.27. The molecule has 0 spiro atoms. The Morgan fingerprint density at radius 3 is 2.63 bits per heavy atom. The van der Waals surface area contributed by atoms with Gasteiger partial charge in [0.25, 0.3) is 0 Å². The maximum absolute atomic E-state index is 11.0. The first-order valence-electron chi connectivity index (χ1n) is 6.04. The standard InChI is InChI=1S/C14H19NO4/c1-9-4-5-13(19-3)12(6-9)11(7-14(17)18)8-15-10(2)16/h4-6,11H,7-8H2,1-3H3,(H,15,16)(H,17,18). The van der Waals surface area contributed by atoms with Gasteiger partial charge in [-0.2, -0.15) is 0 Å². The molecule has 0 aliphatic heterocycles. The summed E-state index contributed by atoms with van der Waals surface area (Å²) in [6.45, 7) is 3.62. The molecule has 0 fully saturated rings. The predicted molar refractivity (Wildman–Crippen MR) is 71.4 cm³/mol. The maximum atomic E-state index is 11.0. The zero-order valence-electron chi connectivity index (χ0n) is 11.4. The summed E-state index contributed by atoms with van der Waals surface area (Å²) in [6.07, 6.45) is -0.0555. The summed E-state index contributed by atoms with van der Waals surface area (Å²) >= 11 is 0. The van der Waals surface area contributed by atoms with E-state index in [-0.39, 0.29) is 24.8 Å². The van der Waals surface area contributed by atoms with E-state index >= 15 is 0 Å². The van der Waals surface area contributed by atoms with Crippen LogP contribution in [-0.2, 0) is 9.59 Å². The van der Waals surface area contributed by atoms with Gasteiger partial charge in [-0.1, -0.05) is 17.7 Å². The van der Waals surface area contributed by atoms with Gasteiger partial charge in [-0.15, -0.1) is 0 Å². The lowest BCUT2D eigenvalue weighted by molar-refractivity contribution is -0.137. The van der Waals surface area contributed by atoms with Crippen LogP contribution in [0.3, 0.4) is 0 Å². The Balaban J connectivity index is 3.04. The third-order valence-corrected chi connectivity index (χ3v) is 2.84. The van der Waals surface area contributed by atoms with Gasteiger partial charge in [0.2, 0.25) is 5.91 Å². The predicted octanol–water partition coefficient (Wildman–Crippen LogP) is 1.70. The third-order valence-electron chi connectivity index (χ3n) is 2.84. The van der Waals surface area contributed by atoms with Gasteiger partial charge in [0.15, 0.2) is 0 Å². The largest absolute Gasteiger partial charge is 0.496 e. The van der Waals surface area contributed by atoms with Crippen molar-refractivity contribution in [1.29, 1.82) is 0 Å². The van der Waals surface area contributed by atoms with E-state index in [1.54, 1.807) is 7.11 Å². The molecule has 0 heterocycles. The molecule has 0 aromatic heterocycles. The zero-order valence-corrected chi connectivity index (χ0v) is 11.4. The first-order chi connectivity index (χ1) is 8.93. The number of rotatable bonds is 6. The lowest BCUT2D eigenvalue weighted by Gasteiger charge is -2.19. The van der Waals surface area contributed by atoms with Crippen LogP contribution in [0.4, 0.5) is 0 Å².